The van der Waals surface area contributed by atoms with Crippen LogP contribution >= 0.6 is 22.9 Å². The smallest absolute Gasteiger partial charge is 0.346 e. The minimum Gasteiger partial charge on any atom is -0.477 e. The Balaban J connectivity index is 2.10. The van der Waals surface area contributed by atoms with Gasteiger partial charge in [0.1, 0.15) is 15.4 Å². The number of carboxylic acids is 1. The fourth-order valence-corrected chi connectivity index (χ4v) is 3.47. The van der Waals surface area contributed by atoms with E-state index in [1.807, 2.05) is 12.1 Å². The average Bonchev–Trinajstić information content (AvgIpc) is 2.77. The molecular weight excluding hydrogens is 324 g/mol. The number of aromatic nitrogens is 2. The number of halogens is 1. The number of hydrogen-bond donors (Lipinski definition) is 2. The number of hydrogen-bond acceptors (Lipinski definition) is 4. The second kappa shape index (κ2) is 5.55. The van der Waals surface area contributed by atoms with Gasteiger partial charge in [-0.3, -0.25) is 4.79 Å². The molecule has 0 spiro atoms. The SMILES string of the molecule is Cc1c(C(=O)O)sc2c(=O)[nH]c(Cc3cccc(Cl)c3)nc12. The van der Waals surface area contributed by atoms with Crippen LogP contribution in [0.25, 0.3) is 10.2 Å². The van der Waals surface area contributed by atoms with Crippen molar-refractivity contribution in [3.63, 3.8) is 0 Å². The molecule has 3 rings (SSSR count). The van der Waals surface area contributed by atoms with Crippen molar-refractivity contribution in [3.05, 3.63) is 61.5 Å². The predicted octanol–water partition coefficient (Wildman–Crippen LogP) is 3.24. The van der Waals surface area contributed by atoms with E-state index in [1.165, 1.54) is 0 Å². The third kappa shape index (κ3) is 2.63. The van der Waals surface area contributed by atoms with Gasteiger partial charge in [-0.25, -0.2) is 9.78 Å². The monoisotopic (exact) mass is 334 g/mol. The highest BCUT2D eigenvalue weighted by Crippen LogP contribution is 2.27. The zero-order valence-electron chi connectivity index (χ0n) is 11.5. The van der Waals surface area contributed by atoms with Gasteiger partial charge < -0.3 is 10.1 Å². The minimum absolute atomic E-state index is 0.146. The van der Waals surface area contributed by atoms with Crippen molar-refractivity contribution in [2.75, 3.05) is 0 Å². The topological polar surface area (TPSA) is 83.0 Å². The molecule has 0 fully saturated rings. The first-order valence-electron chi connectivity index (χ1n) is 6.45. The van der Waals surface area contributed by atoms with Gasteiger partial charge in [-0.15, -0.1) is 11.3 Å². The molecule has 2 heterocycles. The van der Waals surface area contributed by atoms with Gasteiger partial charge in [0.2, 0.25) is 0 Å². The molecule has 2 N–H and O–H groups in total. The van der Waals surface area contributed by atoms with Crippen molar-refractivity contribution in [3.8, 4) is 0 Å². The van der Waals surface area contributed by atoms with E-state index in [9.17, 15) is 9.59 Å². The summed E-state index contributed by atoms with van der Waals surface area (Å²) in [6.45, 7) is 1.66. The Kier molecular flexibility index (Phi) is 3.72. The molecule has 0 aliphatic rings. The normalized spacial score (nSPS) is 11.0. The number of aromatic amines is 1. The number of benzene rings is 1. The highest BCUT2D eigenvalue weighted by molar-refractivity contribution is 7.20. The first-order valence-corrected chi connectivity index (χ1v) is 7.65. The van der Waals surface area contributed by atoms with Crippen LogP contribution < -0.4 is 5.56 Å². The molecule has 0 radical (unpaired) electrons. The molecule has 5 nitrogen and oxygen atoms in total. The van der Waals surface area contributed by atoms with Gasteiger partial charge >= 0.3 is 5.97 Å². The molecule has 0 atom stereocenters. The maximum absolute atomic E-state index is 12.1. The Morgan fingerprint density at radius 3 is 2.91 bits per heavy atom. The number of nitrogens with one attached hydrogen (secondary N) is 1. The van der Waals surface area contributed by atoms with Crippen molar-refractivity contribution in [1.82, 2.24) is 9.97 Å². The van der Waals surface area contributed by atoms with E-state index in [-0.39, 0.29) is 10.4 Å². The lowest BCUT2D eigenvalue weighted by Gasteiger charge is -2.02. The summed E-state index contributed by atoms with van der Waals surface area (Å²) >= 11 is 6.89. The van der Waals surface area contributed by atoms with Crippen molar-refractivity contribution < 1.29 is 9.90 Å². The average molecular weight is 335 g/mol. The number of aromatic carboxylic acids is 1. The van der Waals surface area contributed by atoms with Crippen LogP contribution in [0.2, 0.25) is 5.02 Å². The van der Waals surface area contributed by atoms with Crippen molar-refractivity contribution >= 4 is 39.1 Å². The third-order valence-corrected chi connectivity index (χ3v) is 4.78. The summed E-state index contributed by atoms with van der Waals surface area (Å²) < 4.78 is 0.338. The largest absolute Gasteiger partial charge is 0.477 e. The summed E-state index contributed by atoms with van der Waals surface area (Å²) in [4.78, 5) is 30.6. The second-order valence-corrected chi connectivity index (χ2v) is 6.32. The van der Waals surface area contributed by atoms with E-state index in [0.717, 1.165) is 16.9 Å². The molecule has 0 bridgehead atoms. The summed E-state index contributed by atoms with van der Waals surface area (Å²) in [7, 11) is 0. The lowest BCUT2D eigenvalue weighted by molar-refractivity contribution is 0.0701. The summed E-state index contributed by atoms with van der Waals surface area (Å²) in [5.41, 5.74) is 1.57. The van der Waals surface area contributed by atoms with E-state index in [1.54, 1.807) is 19.1 Å². The van der Waals surface area contributed by atoms with Gasteiger partial charge in [0, 0.05) is 17.0 Å². The highest BCUT2D eigenvalue weighted by Gasteiger charge is 2.18. The molecule has 0 amide bonds. The molecule has 0 saturated carbocycles. The maximum atomic E-state index is 12.1. The summed E-state index contributed by atoms with van der Waals surface area (Å²) in [5.74, 6) is -0.561. The van der Waals surface area contributed by atoms with E-state index >= 15 is 0 Å². The van der Waals surface area contributed by atoms with Gasteiger partial charge in [0.25, 0.3) is 5.56 Å². The standard InChI is InChI=1S/C15H11ClN2O3S/c1-7-11-13(22-12(7)15(20)21)14(19)18-10(17-11)6-8-3-2-4-9(16)5-8/h2-5H,6H2,1H3,(H,20,21)(H,17,18,19). The van der Waals surface area contributed by atoms with Crippen LogP contribution in [0.1, 0.15) is 26.6 Å². The highest BCUT2D eigenvalue weighted by atomic mass is 35.5. The van der Waals surface area contributed by atoms with Gasteiger partial charge in [-0.05, 0) is 24.6 Å². The number of thiophene rings is 1. The summed E-state index contributed by atoms with van der Waals surface area (Å²) in [5, 5.41) is 9.76. The lowest BCUT2D eigenvalue weighted by atomic mass is 10.1. The number of rotatable bonds is 3. The first kappa shape index (κ1) is 14.7. The van der Waals surface area contributed by atoms with Crippen LogP contribution in [0.15, 0.2) is 29.1 Å². The van der Waals surface area contributed by atoms with E-state index in [4.69, 9.17) is 16.7 Å². The van der Waals surface area contributed by atoms with E-state index < -0.39 is 5.97 Å². The molecule has 1 aromatic carbocycles. The van der Waals surface area contributed by atoms with E-state index in [0.29, 0.717) is 33.0 Å². The van der Waals surface area contributed by atoms with Crippen molar-refractivity contribution in [2.24, 2.45) is 0 Å². The molecule has 2 aromatic heterocycles. The number of carbonyl (C=O) groups is 1. The third-order valence-electron chi connectivity index (χ3n) is 3.28. The molecule has 0 unspecified atom stereocenters. The van der Waals surface area contributed by atoms with Crippen molar-refractivity contribution in [2.45, 2.75) is 13.3 Å². The van der Waals surface area contributed by atoms with Gasteiger partial charge in [-0.2, -0.15) is 0 Å². The number of aryl methyl sites for hydroxylation is 1. The Morgan fingerprint density at radius 2 is 2.23 bits per heavy atom. The molecule has 3 aromatic rings. The molecule has 112 valence electrons. The van der Waals surface area contributed by atoms with Crippen LogP contribution in [0.3, 0.4) is 0 Å². The molecule has 0 aliphatic carbocycles. The number of H-pyrrole nitrogens is 1. The summed E-state index contributed by atoms with van der Waals surface area (Å²) in [6.07, 6.45) is 0.420. The van der Waals surface area contributed by atoms with Crippen LogP contribution in [-0.2, 0) is 6.42 Å². The zero-order chi connectivity index (χ0) is 15.9. The zero-order valence-corrected chi connectivity index (χ0v) is 13.1. The maximum Gasteiger partial charge on any atom is 0.346 e. The van der Waals surface area contributed by atoms with Gasteiger partial charge in [-0.1, -0.05) is 23.7 Å². The molecule has 0 saturated heterocycles. The van der Waals surface area contributed by atoms with Crippen molar-refractivity contribution in [1.29, 1.82) is 0 Å². The number of carboxylic acid groups (broad SMARTS) is 1. The fourth-order valence-electron chi connectivity index (χ4n) is 2.27. The number of nitrogens with zero attached hydrogens (tertiary/aromatic N) is 1. The lowest BCUT2D eigenvalue weighted by Crippen LogP contribution is -2.11. The van der Waals surface area contributed by atoms with Gasteiger partial charge in [0.05, 0.1) is 5.52 Å². The molecule has 22 heavy (non-hydrogen) atoms. The minimum atomic E-state index is -1.05. The second-order valence-electron chi connectivity index (χ2n) is 4.86. The molecule has 0 aliphatic heterocycles. The summed E-state index contributed by atoms with van der Waals surface area (Å²) in [6, 6.07) is 7.29. The van der Waals surface area contributed by atoms with E-state index in [2.05, 4.69) is 9.97 Å². The Bertz CT molecular complexity index is 946. The van der Waals surface area contributed by atoms with Crippen LogP contribution in [-0.4, -0.2) is 21.0 Å². The molecular formula is C15H11ClN2O3S. The first-order chi connectivity index (χ1) is 10.5. The van der Waals surface area contributed by atoms with Crippen LogP contribution in [0.5, 0.6) is 0 Å². The van der Waals surface area contributed by atoms with Gasteiger partial charge in [0.15, 0.2) is 0 Å². The number of fused-ring (bicyclic) bond motifs is 1. The Morgan fingerprint density at radius 1 is 1.45 bits per heavy atom. The Labute approximate surface area is 134 Å². The Hall–Kier alpha value is -2.18. The fraction of sp³-hybridized carbons (Fsp3) is 0.133. The predicted molar refractivity (Wildman–Crippen MR) is 86.2 cm³/mol. The van der Waals surface area contributed by atoms with Crippen LogP contribution in [0, 0.1) is 6.92 Å². The van der Waals surface area contributed by atoms with Crippen LogP contribution in [0.4, 0.5) is 0 Å². The molecule has 7 heteroatoms. The quantitative estimate of drug-likeness (QED) is 0.770.